The van der Waals surface area contributed by atoms with E-state index in [1.54, 1.807) is 0 Å². The second-order valence-corrected chi connectivity index (χ2v) is 13.6. The molecular weight excluding hydrogens is 398 g/mol. The summed E-state index contributed by atoms with van der Waals surface area (Å²) in [6, 6.07) is 0.439. The summed E-state index contributed by atoms with van der Waals surface area (Å²) in [5.74, 6) is 3.90. The largest absolute Gasteiger partial charge is 0.481 e. The van der Waals surface area contributed by atoms with Gasteiger partial charge in [-0.05, 0) is 99.2 Å². The highest BCUT2D eigenvalue weighted by atomic mass is 16.4. The van der Waals surface area contributed by atoms with E-state index < -0.39 is 5.97 Å². The zero-order chi connectivity index (χ0) is 23.5. The zero-order valence-electron chi connectivity index (χ0n) is 21.5. The Morgan fingerprint density at radius 2 is 1.59 bits per heavy atom. The first kappa shape index (κ1) is 24.2. The first-order valence-corrected chi connectivity index (χ1v) is 13.4. The Bertz CT molecular complexity index is 741. The highest BCUT2D eigenvalue weighted by Gasteiger charge is 2.61. The molecule has 0 bridgehead atoms. The van der Waals surface area contributed by atoms with Gasteiger partial charge in [0.2, 0.25) is 0 Å². The summed E-state index contributed by atoms with van der Waals surface area (Å²) < 4.78 is 0.875. The minimum absolute atomic E-state index is 0.249. The van der Waals surface area contributed by atoms with Gasteiger partial charge in [-0.15, -0.1) is 0 Å². The molecule has 182 valence electrons. The van der Waals surface area contributed by atoms with Crippen molar-refractivity contribution in [3.63, 3.8) is 0 Å². The number of aliphatic carboxylic acids is 1. The third-order valence-corrected chi connectivity index (χ3v) is 11.4. The molecule has 4 saturated carbocycles. The molecule has 0 heterocycles. The first-order chi connectivity index (χ1) is 14.9. The molecule has 4 nitrogen and oxygen atoms in total. The number of carboxylic acid groups (broad SMARTS) is 1. The SMILES string of the molecule is CC(=O)C1CCC2C3CC[C@@H]4C[C@H](C(CCC(=O)O)[N+](C)(C)C)CC[C@]4(C)C3CC[C@]12C. The van der Waals surface area contributed by atoms with Crippen LogP contribution in [-0.2, 0) is 9.59 Å². The average Bonchev–Trinajstić information content (AvgIpc) is 3.04. The summed E-state index contributed by atoms with van der Waals surface area (Å²) in [6.07, 6.45) is 12.6. The third-order valence-electron chi connectivity index (χ3n) is 11.4. The van der Waals surface area contributed by atoms with Crippen LogP contribution in [0.5, 0.6) is 0 Å². The van der Waals surface area contributed by atoms with Gasteiger partial charge in [0.05, 0.1) is 33.6 Å². The van der Waals surface area contributed by atoms with E-state index in [2.05, 4.69) is 35.0 Å². The fraction of sp³-hybridized carbons (Fsp3) is 0.929. The molecule has 32 heavy (non-hydrogen) atoms. The van der Waals surface area contributed by atoms with Crippen molar-refractivity contribution in [1.29, 1.82) is 0 Å². The predicted molar refractivity (Wildman–Crippen MR) is 128 cm³/mol. The highest BCUT2D eigenvalue weighted by Crippen LogP contribution is 2.68. The van der Waals surface area contributed by atoms with Crippen molar-refractivity contribution in [2.45, 2.75) is 97.4 Å². The van der Waals surface area contributed by atoms with Crippen molar-refractivity contribution in [1.82, 2.24) is 0 Å². The topological polar surface area (TPSA) is 54.4 Å². The number of rotatable bonds is 6. The smallest absolute Gasteiger partial charge is 0.303 e. The molecule has 9 atom stereocenters. The fourth-order valence-electron chi connectivity index (χ4n) is 9.84. The molecule has 4 heteroatoms. The number of quaternary nitrogens is 1. The number of nitrogens with zero attached hydrogens (tertiary/aromatic N) is 1. The van der Waals surface area contributed by atoms with E-state index >= 15 is 0 Å². The van der Waals surface area contributed by atoms with Crippen LogP contribution >= 0.6 is 0 Å². The Balaban J connectivity index is 1.50. The molecule has 0 aromatic heterocycles. The van der Waals surface area contributed by atoms with Crippen LogP contribution in [0.15, 0.2) is 0 Å². The van der Waals surface area contributed by atoms with Gasteiger partial charge in [-0.3, -0.25) is 9.59 Å². The van der Waals surface area contributed by atoms with Gasteiger partial charge in [0.25, 0.3) is 0 Å². The van der Waals surface area contributed by atoms with Crippen LogP contribution in [-0.4, -0.2) is 48.5 Å². The lowest BCUT2D eigenvalue weighted by Gasteiger charge is -2.61. The van der Waals surface area contributed by atoms with Crippen LogP contribution in [0, 0.1) is 46.3 Å². The minimum Gasteiger partial charge on any atom is -0.481 e. The molecule has 0 amide bonds. The number of carboxylic acids is 1. The lowest BCUT2D eigenvalue weighted by molar-refractivity contribution is -0.901. The molecule has 0 radical (unpaired) electrons. The predicted octanol–water partition coefficient (Wildman–Crippen LogP) is 5.79. The van der Waals surface area contributed by atoms with E-state index in [0.717, 1.165) is 41.0 Å². The van der Waals surface area contributed by atoms with Gasteiger partial charge in [0.15, 0.2) is 0 Å². The van der Waals surface area contributed by atoms with Crippen LogP contribution in [0.25, 0.3) is 0 Å². The van der Waals surface area contributed by atoms with Crippen molar-refractivity contribution in [2.75, 3.05) is 21.1 Å². The van der Waals surface area contributed by atoms with Crippen LogP contribution < -0.4 is 0 Å². The molecule has 0 aromatic carbocycles. The number of Topliss-reactive ketones (excluding diaryl/α,β-unsaturated/α-hetero) is 1. The molecule has 0 aliphatic heterocycles. The molecule has 5 unspecified atom stereocenters. The molecule has 0 saturated heterocycles. The quantitative estimate of drug-likeness (QED) is 0.525. The van der Waals surface area contributed by atoms with Gasteiger partial charge < -0.3 is 9.59 Å². The summed E-state index contributed by atoms with van der Waals surface area (Å²) >= 11 is 0. The van der Waals surface area contributed by atoms with E-state index in [9.17, 15) is 14.7 Å². The molecular formula is C28H48NO3+. The Hall–Kier alpha value is -0.900. The van der Waals surface area contributed by atoms with Crippen LogP contribution in [0.3, 0.4) is 0 Å². The van der Waals surface area contributed by atoms with Gasteiger partial charge in [-0.25, -0.2) is 0 Å². The summed E-state index contributed by atoms with van der Waals surface area (Å²) in [4.78, 5) is 23.7. The summed E-state index contributed by atoms with van der Waals surface area (Å²) in [5, 5.41) is 9.30. The van der Waals surface area contributed by atoms with Crippen molar-refractivity contribution in [2.24, 2.45) is 46.3 Å². The van der Waals surface area contributed by atoms with E-state index in [-0.39, 0.29) is 5.41 Å². The summed E-state index contributed by atoms with van der Waals surface area (Å²) in [6.45, 7) is 6.90. The van der Waals surface area contributed by atoms with Crippen molar-refractivity contribution in [3.05, 3.63) is 0 Å². The van der Waals surface area contributed by atoms with Gasteiger partial charge in [0.1, 0.15) is 5.78 Å². The maximum Gasteiger partial charge on any atom is 0.303 e. The number of carbonyl (C=O) groups is 2. The van der Waals surface area contributed by atoms with Crippen LogP contribution in [0.2, 0.25) is 0 Å². The molecule has 4 rings (SSSR count). The summed E-state index contributed by atoms with van der Waals surface area (Å²) in [5.41, 5.74) is 0.691. The second-order valence-electron chi connectivity index (χ2n) is 13.6. The Morgan fingerprint density at radius 3 is 2.22 bits per heavy atom. The van der Waals surface area contributed by atoms with Crippen molar-refractivity contribution < 1.29 is 19.2 Å². The highest BCUT2D eigenvalue weighted by molar-refractivity contribution is 5.79. The molecule has 4 fully saturated rings. The first-order valence-electron chi connectivity index (χ1n) is 13.4. The molecule has 0 spiro atoms. The van der Waals surface area contributed by atoms with Crippen LogP contribution in [0.1, 0.15) is 91.4 Å². The number of hydrogen-bond acceptors (Lipinski definition) is 2. The Kier molecular flexibility index (Phi) is 6.36. The number of ketones is 1. The van der Waals surface area contributed by atoms with E-state index in [4.69, 9.17) is 0 Å². The Labute approximate surface area is 196 Å². The average molecular weight is 447 g/mol. The zero-order valence-corrected chi connectivity index (χ0v) is 21.5. The van der Waals surface area contributed by atoms with E-state index in [1.807, 2.05) is 6.92 Å². The molecule has 1 N–H and O–H groups in total. The maximum atomic E-state index is 12.4. The lowest BCUT2D eigenvalue weighted by atomic mass is 9.44. The number of carbonyl (C=O) groups excluding carboxylic acids is 1. The fourth-order valence-corrected chi connectivity index (χ4v) is 9.84. The van der Waals surface area contributed by atoms with Gasteiger partial charge in [0, 0.05) is 18.3 Å². The monoisotopic (exact) mass is 446 g/mol. The van der Waals surface area contributed by atoms with Gasteiger partial charge in [-0.2, -0.15) is 0 Å². The van der Waals surface area contributed by atoms with Crippen LogP contribution in [0.4, 0.5) is 0 Å². The third kappa shape index (κ3) is 3.97. The van der Waals surface area contributed by atoms with E-state index in [1.165, 1.54) is 51.4 Å². The second kappa shape index (κ2) is 8.40. The van der Waals surface area contributed by atoms with Gasteiger partial charge in [-0.1, -0.05) is 13.8 Å². The minimum atomic E-state index is -0.657. The van der Waals surface area contributed by atoms with E-state index in [0.29, 0.717) is 35.5 Å². The standard InChI is InChI=1S/C28H47NO3/c1-18(30)22-9-10-23-21-8-7-20-17-19(25(29(4,5)6)11-12-26(31)32)13-15-27(20,2)24(21)14-16-28(22,23)3/h19-25H,7-17H2,1-6H3/p+1/t19-,20-,21?,22?,23?,24?,25?,27+,28-/m1/s1. The molecule has 4 aliphatic rings. The molecule has 0 aromatic rings. The van der Waals surface area contributed by atoms with Crippen molar-refractivity contribution >= 4 is 11.8 Å². The van der Waals surface area contributed by atoms with Crippen molar-refractivity contribution in [3.8, 4) is 0 Å². The maximum absolute atomic E-state index is 12.4. The number of fused-ring (bicyclic) bond motifs is 5. The normalized spacial score (nSPS) is 44.8. The molecule has 4 aliphatic carbocycles. The van der Waals surface area contributed by atoms with Gasteiger partial charge >= 0.3 is 5.97 Å². The summed E-state index contributed by atoms with van der Waals surface area (Å²) in [7, 11) is 6.76. The number of hydrogen-bond donors (Lipinski definition) is 1. The lowest BCUT2D eigenvalue weighted by Crippen LogP contribution is -2.56. The Morgan fingerprint density at radius 1 is 0.938 bits per heavy atom.